The van der Waals surface area contributed by atoms with Gasteiger partial charge in [-0.15, -0.1) is 4.73 Å². The predicted octanol–water partition coefficient (Wildman–Crippen LogP) is 0.239. The van der Waals surface area contributed by atoms with Crippen LogP contribution in [0.1, 0.15) is 0 Å². The molecular weight excluding hydrogens is 174 g/mol. The number of nitrogens with one attached hydrogen (secondary N) is 1. The monoisotopic (exact) mass is 181 g/mol. The third kappa shape index (κ3) is 0.851. The maximum absolute atomic E-state index is 9.31. The molecule has 0 saturated carbocycles. The smallest absolute Gasteiger partial charge is 0.329 e. The van der Waals surface area contributed by atoms with E-state index in [1.165, 1.54) is 12.1 Å². The van der Waals surface area contributed by atoms with Gasteiger partial charge in [-0.1, -0.05) is 0 Å². The van der Waals surface area contributed by atoms with Crippen LogP contribution in [0.15, 0.2) is 16.5 Å². The molecule has 5 N–H and O–H groups in total. The van der Waals surface area contributed by atoms with Gasteiger partial charge < -0.3 is 20.5 Å². The van der Waals surface area contributed by atoms with Crippen LogP contribution in [0.4, 0.5) is 5.69 Å². The molecule has 13 heavy (non-hydrogen) atoms. The van der Waals surface area contributed by atoms with Crippen molar-refractivity contribution in [2.75, 3.05) is 5.73 Å². The highest BCUT2D eigenvalue weighted by atomic mass is 16.5. The van der Waals surface area contributed by atoms with E-state index in [1.807, 2.05) is 0 Å². The van der Waals surface area contributed by atoms with Crippen LogP contribution in [0.3, 0.4) is 0 Å². The van der Waals surface area contributed by atoms with Crippen LogP contribution in [0.2, 0.25) is 0 Å². The lowest BCUT2D eigenvalue weighted by molar-refractivity contribution is 0.164. The Morgan fingerprint density at radius 3 is 2.77 bits per heavy atom. The van der Waals surface area contributed by atoms with Crippen LogP contribution in [-0.2, 0) is 0 Å². The third-order valence-electron chi connectivity index (χ3n) is 1.74. The Labute approximate surface area is 71.9 Å². The molecule has 0 bridgehead atoms. The number of oxazole rings is 1. The zero-order valence-corrected chi connectivity index (χ0v) is 6.48. The third-order valence-corrected chi connectivity index (χ3v) is 1.74. The number of aromatic hydroxyl groups is 1. The van der Waals surface area contributed by atoms with E-state index in [1.54, 1.807) is 0 Å². The van der Waals surface area contributed by atoms with E-state index in [0.29, 0.717) is 4.73 Å². The van der Waals surface area contributed by atoms with Gasteiger partial charge in [0.05, 0.1) is 5.69 Å². The number of hydrogen-bond donors (Lipinski definition) is 4. The van der Waals surface area contributed by atoms with Crippen molar-refractivity contribution in [1.29, 1.82) is 5.41 Å². The molecule has 0 atom stereocenters. The standard InChI is InChI=1S/C7H7N3O3/c8-3-1-2-4(11)5-6(3)13-7(9)10(5)12/h1-2,9,11-12H,8H2. The van der Waals surface area contributed by atoms with Crippen molar-refractivity contribution >= 4 is 16.8 Å². The number of aromatic nitrogens is 1. The van der Waals surface area contributed by atoms with E-state index in [2.05, 4.69) is 0 Å². The first-order chi connectivity index (χ1) is 6.11. The summed E-state index contributed by atoms with van der Waals surface area (Å²) >= 11 is 0. The molecule has 2 aromatic rings. The molecule has 0 fully saturated rings. The van der Waals surface area contributed by atoms with Gasteiger partial charge in [-0.25, -0.2) is 5.41 Å². The van der Waals surface area contributed by atoms with Gasteiger partial charge in [-0.2, -0.15) is 0 Å². The number of hydrogen-bond acceptors (Lipinski definition) is 5. The van der Waals surface area contributed by atoms with Crippen molar-refractivity contribution < 1.29 is 14.7 Å². The van der Waals surface area contributed by atoms with Crippen molar-refractivity contribution in [3.8, 4) is 5.75 Å². The molecule has 1 aromatic heterocycles. The Balaban J connectivity index is 3.09. The Bertz CT molecular complexity index is 525. The van der Waals surface area contributed by atoms with Crippen LogP contribution in [0, 0.1) is 5.41 Å². The topological polar surface area (TPSA) is 108 Å². The highest BCUT2D eigenvalue weighted by Crippen LogP contribution is 2.27. The van der Waals surface area contributed by atoms with Gasteiger partial charge in [0.2, 0.25) is 0 Å². The quantitative estimate of drug-likeness (QED) is 0.265. The number of benzene rings is 1. The number of phenols is 1. The second-order valence-electron chi connectivity index (χ2n) is 2.57. The van der Waals surface area contributed by atoms with Crippen molar-refractivity contribution in [3.05, 3.63) is 17.8 Å². The summed E-state index contributed by atoms with van der Waals surface area (Å²) in [4.78, 5) is 0. The number of nitrogens with two attached hydrogens (primary N) is 1. The fourth-order valence-electron chi connectivity index (χ4n) is 1.13. The normalized spacial score (nSPS) is 10.8. The average molecular weight is 181 g/mol. The molecule has 0 aliphatic heterocycles. The molecule has 0 spiro atoms. The average Bonchev–Trinajstić information content (AvgIpc) is 2.38. The Hall–Kier alpha value is -2.11. The summed E-state index contributed by atoms with van der Waals surface area (Å²) in [6.45, 7) is 0. The summed E-state index contributed by atoms with van der Waals surface area (Å²) in [7, 11) is 0. The molecule has 0 aliphatic rings. The molecule has 1 aromatic carbocycles. The Morgan fingerprint density at radius 2 is 2.15 bits per heavy atom. The first-order valence-corrected chi connectivity index (χ1v) is 3.48. The van der Waals surface area contributed by atoms with E-state index in [9.17, 15) is 10.3 Å². The van der Waals surface area contributed by atoms with Crippen LogP contribution in [0.5, 0.6) is 5.75 Å². The molecule has 0 aliphatic carbocycles. The Morgan fingerprint density at radius 1 is 1.46 bits per heavy atom. The van der Waals surface area contributed by atoms with Gasteiger partial charge >= 0.3 is 5.68 Å². The fourth-order valence-corrected chi connectivity index (χ4v) is 1.13. The minimum Gasteiger partial charge on any atom is -0.505 e. The summed E-state index contributed by atoms with van der Waals surface area (Å²) in [5, 5.41) is 25.7. The maximum Gasteiger partial charge on any atom is 0.329 e. The van der Waals surface area contributed by atoms with E-state index in [-0.39, 0.29) is 22.5 Å². The van der Waals surface area contributed by atoms with Crippen LogP contribution in [0.25, 0.3) is 11.1 Å². The largest absolute Gasteiger partial charge is 0.505 e. The van der Waals surface area contributed by atoms with Gasteiger partial charge in [0.1, 0.15) is 5.75 Å². The molecule has 6 nitrogen and oxygen atoms in total. The number of rotatable bonds is 0. The zero-order valence-electron chi connectivity index (χ0n) is 6.48. The highest BCUT2D eigenvalue weighted by molar-refractivity contribution is 5.89. The second kappa shape index (κ2) is 2.19. The van der Waals surface area contributed by atoms with Crippen molar-refractivity contribution in [2.24, 2.45) is 0 Å². The van der Waals surface area contributed by atoms with Crippen LogP contribution >= 0.6 is 0 Å². The first-order valence-electron chi connectivity index (χ1n) is 3.48. The predicted molar refractivity (Wildman–Crippen MR) is 43.3 cm³/mol. The lowest BCUT2D eigenvalue weighted by Gasteiger charge is -1.96. The lowest BCUT2D eigenvalue weighted by Crippen LogP contribution is -2.10. The van der Waals surface area contributed by atoms with Gasteiger partial charge in [-0.3, -0.25) is 0 Å². The lowest BCUT2D eigenvalue weighted by atomic mass is 10.2. The minimum atomic E-state index is -0.483. The summed E-state index contributed by atoms with van der Waals surface area (Å²) in [5.74, 6) is -0.186. The molecule has 0 saturated heterocycles. The van der Waals surface area contributed by atoms with E-state index >= 15 is 0 Å². The van der Waals surface area contributed by atoms with Crippen molar-refractivity contribution in [2.45, 2.75) is 0 Å². The molecule has 2 rings (SSSR count). The molecular formula is C7H7N3O3. The summed E-state index contributed by atoms with van der Waals surface area (Å²) < 4.78 is 5.24. The number of nitrogens with zero attached hydrogens (tertiary/aromatic N) is 1. The molecule has 1 heterocycles. The second-order valence-corrected chi connectivity index (χ2v) is 2.57. The summed E-state index contributed by atoms with van der Waals surface area (Å²) in [5.41, 5.74) is 5.38. The first kappa shape index (κ1) is 7.53. The van der Waals surface area contributed by atoms with Crippen molar-refractivity contribution in [1.82, 2.24) is 4.73 Å². The summed E-state index contributed by atoms with van der Waals surface area (Å²) in [6.07, 6.45) is 0. The molecule has 0 unspecified atom stereocenters. The SMILES string of the molecule is N=c1oc2c(N)ccc(O)c2n1O. The molecule has 68 valence electrons. The Kier molecular flexibility index (Phi) is 1.27. The fraction of sp³-hybridized carbons (Fsp3) is 0. The summed E-state index contributed by atoms with van der Waals surface area (Å²) in [6, 6.07) is 2.75. The molecule has 6 heteroatoms. The molecule has 0 amide bonds. The van der Waals surface area contributed by atoms with Gasteiger partial charge in [0.15, 0.2) is 11.1 Å². The number of phenolic OH excluding ortho intramolecular Hbond substituents is 1. The van der Waals surface area contributed by atoms with Gasteiger partial charge in [0.25, 0.3) is 0 Å². The van der Waals surface area contributed by atoms with Gasteiger partial charge in [0, 0.05) is 0 Å². The van der Waals surface area contributed by atoms with E-state index in [4.69, 9.17) is 15.6 Å². The minimum absolute atomic E-state index is 0.00463. The molecule has 0 radical (unpaired) electrons. The van der Waals surface area contributed by atoms with E-state index in [0.717, 1.165) is 0 Å². The number of nitrogen functional groups attached to an aromatic ring is 1. The van der Waals surface area contributed by atoms with Crippen LogP contribution < -0.4 is 11.4 Å². The zero-order chi connectivity index (χ0) is 9.59. The van der Waals surface area contributed by atoms with E-state index < -0.39 is 5.68 Å². The number of anilines is 1. The van der Waals surface area contributed by atoms with Gasteiger partial charge in [-0.05, 0) is 12.1 Å². The van der Waals surface area contributed by atoms with Crippen LogP contribution in [-0.4, -0.2) is 15.0 Å². The number of fused-ring (bicyclic) bond motifs is 1. The maximum atomic E-state index is 9.31. The van der Waals surface area contributed by atoms with Crippen molar-refractivity contribution in [3.63, 3.8) is 0 Å². The highest BCUT2D eigenvalue weighted by Gasteiger charge is 2.12.